The lowest BCUT2D eigenvalue weighted by molar-refractivity contribution is -0.113. The molecule has 2 saturated carbocycles. The van der Waals surface area contributed by atoms with E-state index in [1.165, 1.54) is 44.8 Å². The molecule has 0 unspecified atom stereocenters. The van der Waals surface area contributed by atoms with Crippen molar-refractivity contribution in [3.63, 3.8) is 0 Å². The molecule has 14 heavy (non-hydrogen) atoms. The Labute approximate surface area is 87.3 Å². The van der Waals surface area contributed by atoms with Crippen molar-refractivity contribution >= 4 is 6.29 Å². The molecule has 0 aromatic heterocycles. The van der Waals surface area contributed by atoms with E-state index < -0.39 is 0 Å². The monoisotopic (exact) mass is 194 g/mol. The largest absolute Gasteiger partial charge is 0.303 e. The molecule has 1 heteroatoms. The van der Waals surface area contributed by atoms with Crippen LogP contribution >= 0.6 is 0 Å². The highest BCUT2D eigenvalue weighted by Crippen LogP contribution is 2.57. The molecule has 0 radical (unpaired) electrons. The Bertz CT molecular complexity index is 223. The van der Waals surface area contributed by atoms with Gasteiger partial charge in [0.15, 0.2) is 0 Å². The Hall–Kier alpha value is -0.330. The van der Waals surface area contributed by atoms with E-state index >= 15 is 0 Å². The molecule has 2 aliphatic rings. The molecule has 4 atom stereocenters. The van der Waals surface area contributed by atoms with Gasteiger partial charge in [0.05, 0.1) is 0 Å². The Balaban J connectivity index is 2.16. The fraction of sp³-hybridized carbons (Fsp3) is 0.923. The van der Waals surface area contributed by atoms with E-state index in [1.54, 1.807) is 0 Å². The van der Waals surface area contributed by atoms with Gasteiger partial charge in [-0.25, -0.2) is 0 Å². The van der Waals surface area contributed by atoms with Gasteiger partial charge in [0, 0.05) is 5.92 Å². The van der Waals surface area contributed by atoms with Gasteiger partial charge in [0.1, 0.15) is 6.29 Å². The van der Waals surface area contributed by atoms with E-state index in [9.17, 15) is 4.79 Å². The summed E-state index contributed by atoms with van der Waals surface area (Å²) in [6, 6.07) is 0. The van der Waals surface area contributed by atoms with E-state index in [0.29, 0.717) is 11.3 Å². The zero-order valence-corrected chi connectivity index (χ0v) is 9.46. The lowest BCUT2D eigenvalue weighted by Crippen LogP contribution is -2.35. The van der Waals surface area contributed by atoms with E-state index in [0.717, 1.165) is 5.92 Å². The van der Waals surface area contributed by atoms with Crippen molar-refractivity contribution in [1.29, 1.82) is 0 Å². The number of hydrogen-bond acceptors (Lipinski definition) is 1. The third-order valence-electron chi connectivity index (χ3n) is 4.97. The van der Waals surface area contributed by atoms with Gasteiger partial charge in [0.25, 0.3) is 0 Å². The fourth-order valence-electron chi connectivity index (χ4n) is 4.06. The van der Waals surface area contributed by atoms with Gasteiger partial charge >= 0.3 is 0 Å². The smallest absolute Gasteiger partial charge is 0.123 e. The second-order valence-electron chi connectivity index (χ2n) is 5.63. The van der Waals surface area contributed by atoms with Crippen LogP contribution in [0.5, 0.6) is 0 Å². The lowest BCUT2D eigenvalue weighted by Gasteiger charge is -2.42. The molecule has 0 saturated heterocycles. The first kappa shape index (κ1) is 10.2. The maximum absolute atomic E-state index is 10.9. The zero-order chi connectivity index (χ0) is 10.2. The number of rotatable bonds is 2. The van der Waals surface area contributed by atoms with E-state index in [-0.39, 0.29) is 5.92 Å². The number of fused-ring (bicyclic) bond motifs is 1. The van der Waals surface area contributed by atoms with Crippen LogP contribution < -0.4 is 0 Å². The van der Waals surface area contributed by atoms with Crippen molar-refractivity contribution < 1.29 is 4.79 Å². The summed E-state index contributed by atoms with van der Waals surface area (Å²) >= 11 is 0. The summed E-state index contributed by atoms with van der Waals surface area (Å²) in [6.45, 7) is 4.55. The molecule has 1 nitrogen and oxygen atoms in total. The predicted molar refractivity (Wildman–Crippen MR) is 58.0 cm³/mol. The van der Waals surface area contributed by atoms with Crippen LogP contribution in [0.2, 0.25) is 0 Å². The van der Waals surface area contributed by atoms with Crippen LogP contribution in [0.15, 0.2) is 0 Å². The average molecular weight is 194 g/mol. The fourth-order valence-corrected chi connectivity index (χ4v) is 4.06. The molecular weight excluding hydrogens is 172 g/mol. The summed E-state index contributed by atoms with van der Waals surface area (Å²) in [5.74, 6) is 1.87. The quantitative estimate of drug-likeness (QED) is 0.615. The van der Waals surface area contributed by atoms with Gasteiger partial charge in [-0.15, -0.1) is 0 Å². The Kier molecular flexibility index (Phi) is 2.68. The molecule has 0 heterocycles. The number of carbonyl (C=O) groups excluding carboxylic acids is 1. The second-order valence-corrected chi connectivity index (χ2v) is 5.63. The van der Waals surface area contributed by atoms with Crippen molar-refractivity contribution in [1.82, 2.24) is 0 Å². The SMILES string of the molecule is C[C@H](C=O)[C@H]1CC[C@H]2CCCC[C@]21C. The second kappa shape index (κ2) is 3.67. The Morgan fingerprint density at radius 1 is 1.29 bits per heavy atom. The van der Waals surface area contributed by atoms with Crippen LogP contribution in [0.4, 0.5) is 0 Å². The molecule has 0 N–H and O–H groups in total. The van der Waals surface area contributed by atoms with Crippen LogP contribution in [-0.2, 0) is 4.79 Å². The normalized spacial score (nSPS) is 44.4. The topological polar surface area (TPSA) is 17.1 Å². The van der Waals surface area contributed by atoms with Gasteiger partial charge in [0.2, 0.25) is 0 Å². The first-order chi connectivity index (χ1) is 6.68. The molecule has 0 spiro atoms. The average Bonchev–Trinajstić information content (AvgIpc) is 2.54. The molecule has 0 aromatic carbocycles. The summed E-state index contributed by atoms with van der Waals surface area (Å²) in [5, 5.41) is 0. The van der Waals surface area contributed by atoms with Gasteiger partial charge in [-0.2, -0.15) is 0 Å². The molecule has 0 aliphatic heterocycles. The molecule has 0 aromatic rings. The van der Waals surface area contributed by atoms with Crippen LogP contribution in [0.1, 0.15) is 52.4 Å². The van der Waals surface area contributed by atoms with Crippen molar-refractivity contribution in [2.24, 2.45) is 23.2 Å². The number of carbonyl (C=O) groups is 1. The molecule has 2 fully saturated rings. The van der Waals surface area contributed by atoms with E-state index in [4.69, 9.17) is 0 Å². The van der Waals surface area contributed by atoms with E-state index in [1.807, 2.05) is 0 Å². The molecule has 0 bridgehead atoms. The minimum atomic E-state index is 0.281. The molecule has 2 rings (SSSR count). The van der Waals surface area contributed by atoms with Crippen LogP contribution in [0.3, 0.4) is 0 Å². The maximum atomic E-state index is 10.9. The first-order valence-electron chi connectivity index (χ1n) is 6.14. The van der Waals surface area contributed by atoms with Crippen LogP contribution in [-0.4, -0.2) is 6.29 Å². The molecule has 0 amide bonds. The summed E-state index contributed by atoms with van der Waals surface area (Å²) in [6.07, 6.45) is 9.42. The summed E-state index contributed by atoms with van der Waals surface area (Å²) < 4.78 is 0. The van der Waals surface area contributed by atoms with Crippen molar-refractivity contribution in [2.75, 3.05) is 0 Å². The number of aldehydes is 1. The van der Waals surface area contributed by atoms with E-state index in [2.05, 4.69) is 13.8 Å². The molecular formula is C13H22O. The lowest BCUT2D eigenvalue weighted by atomic mass is 9.63. The maximum Gasteiger partial charge on any atom is 0.123 e. The number of hydrogen-bond donors (Lipinski definition) is 0. The standard InChI is InChI=1S/C13H22O/c1-10(9-14)12-7-6-11-5-3-4-8-13(11,12)2/h9-12H,3-8H2,1-2H3/t10-,11-,12-,13-/m1/s1. The summed E-state index contributed by atoms with van der Waals surface area (Å²) in [5.41, 5.74) is 0.499. The third-order valence-corrected chi connectivity index (χ3v) is 4.97. The van der Waals surface area contributed by atoms with Gasteiger partial charge < -0.3 is 4.79 Å². The van der Waals surface area contributed by atoms with Crippen molar-refractivity contribution in [3.05, 3.63) is 0 Å². The van der Waals surface area contributed by atoms with Gasteiger partial charge in [-0.05, 0) is 42.9 Å². The van der Waals surface area contributed by atoms with Gasteiger partial charge in [-0.3, -0.25) is 0 Å². The van der Waals surface area contributed by atoms with Crippen molar-refractivity contribution in [2.45, 2.75) is 52.4 Å². The third kappa shape index (κ3) is 1.41. The Morgan fingerprint density at radius 3 is 2.79 bits per heavy atom. The van der Waals surface area contributed by atoms with Crippen LogP contribution in [0, 0.1) is 23.2 Å². The zero-order valence-electron chi connectivity index (χ0n) is 9.46. The molecule has 80 valence electrons. The highest BCUT2D eigenvalue weighted by atomic mass is 16.1. The van der Waals surface area contributed by atoms with Gasteiger partial charge in [-0.1, -0.05) is 26.7 Å². The van der Waals surface area contributed by atoms with Crippen LogP contribution in [0.25, 0.3) is 0 Å². The highest BCUT2D eigenvalue weighted by Gasteiger charge is 2.48. The minimum Gasteiger partial charge on any atom is -0.303 e. The summed E-state index contributed by atoms with van der Waals surface area (Å²) in [7, 11) is 0. The Morgan fingerprint density at radius 2 is 2.07 bits per heavy atom. The summed E-state index contributed by atoms with van der Waals surface area (Å²) in [4.78, 5) is 10.9. The highest BCUT2D eigenvalue weighted by molar-refractivity contribution is 5.53. The minimum absolute atomic E-state index is 0.281. The van der Waals surface area contributed by atoms with Crippen molar-refractivity contribution in [3.8, 4) is 0 Å². The molecule has 2 aliphatic carbocycles. The first-order valence-corrected chi connectivity index (χ1v) is 6.14. The predicted octanol–water partition coefficient (Wildman–Crippen LogP) is 3.43.